The van der Waals surface area contributed by atoms with Gasteiger partial charge in [0.2, 0.25) is 0 Å². The smallest absolute Gasteiger partial charge is 0.184 e. The van der Waals surface area contributed by atoms with Gasteiger partial charge in [-0.25, -0.2) is 0 Å². The Hall–Kier alpha value is -1.83. The highest BCUT2D eigenvalue weighted by atomic mass is 16.5. The van der Waals surface area contributed by atoms with Gasteiger partial charge in [0.05, 0.1) is 6.54 Å². The van der Waals surface area contributed by atoms with Gasteiger partial charge in [0, 0.05) is 6.42 Å². The van der Waals surface area contributed by atoms with E-state index in [2.05, 4.69) is 54.4 Å². The molecule has 1 aliphatic heterocycles. The summed E-state index contributed by atoms with van der Waals surface area (Å²) in [6.07, 6.45) is 16.2. The number of rotatable bonds is 13. The van der Waals surface area contributed by atoms with Crippen molar-refractivity contribution >= 4 is 16.7 Å². The Morgan fingerprint density at radius 2 is 1.43 bits per heavy atom. The van der Waals surface area contributed by atoms with E-state index in [9.17, 15) is 0 Å². The third-order valence-electron chi connectivity index (χ3n) is 5.85. The van der Waals surface area contributed by atoms with Gasteiger partial charge in [-0.15, -0.1) is 0 Å². The minimum absolute atomic E-state index is 0.104. The first-order chi connectivity index (χ1) is 13.9. The average Bonchev–Trinajstić information content (AvgIpc) is 3.20. The van der Waals surface area contributed by atoms with Crippen molar-refractivity contribution in [2.24, 2.45) is 4.99 Å². The van der Waals surface area contributed by atoms with Crippen LogP contribution in [0.25, 0.3) is 10.8 Å². The molecule has 28 heavy (non-hydrogen) atoms. The van der Waals surface area contributed by atoms with Crippen LogP contribution in [-0.2, 0) is 4.74 Å². The molecule has 2 aromatic carbocycles. The zero-order chi connectivity index (χ0) is 19.4. The average molecular weight is 380 g/mol. The third kappa shape index (κ3) is 6.65. The summed E-state index contributed by atoms with van der Waals surface area (Å²) in [6, 6.07) is 15.1. The maximum absolute atomic E-state index is 6.14. The Bertz CT molecular complexity index is 736. The molecule has 2 aromatic rings. The van der Waals surface area contributed by atoms with Crippen molar-refractivity contribution in [3.63, 3.8) is 0 Å². The van der Waals surface area contributed by atoms with Gasteiger partial charge in [0.15, 0.2) is 5.90 Å². The molecule has 1 aliphatic rings. The molecule has 0 radical (unpaired) electrons. The lowest BCUT2D eigenvalue weighted by Gasteiger charge is -2.12. The maximum Gasteiger partial charge on any atom is 0.184 e. The second-order valence-electron chi connectivity index (χ2n) is 8.23. The Labute approximate surface area is 171 Å². The van der Waals surface area contributed by atoms with Gasteiger partial charge in [0.1, 0.15) is 6.10 Å². The molecule has 0 N–H and O–H groups in total. The van der Waals surface area contributed by atoms with Crippen molar-refractivity contribution in [2.45, 2.75) is 90.1 Å². The monoisotopic (exact) mass is 379 g/mol. The van der Waals surface area contributed by atoms with Gasteiger partial charge in [-0.2, -0.15) is 0 Å². The summed E-state index contributed by atoms with van der Waals surface area (Å²) in [4.78, 5) is 4.65. The first kappa shape index (κ1) is 20.9. The number of unbranched alkanes of at least 4 members (excludes halogenated alkanes) is 10. The van der Waals surface area contributed by atoms with E-state index >= 15 is 0 Å². The largest absolute Gasteiger partial charge is 0.471 e. The molecular formula is C26H37NO. The summed E-state index contributed by atoms with van der Waals surface area (Å²) >= 11 is 0. The lowest BCUT2D eigenvalue weighted by molar-refractivity contribution is 0.223. The number of benzene rings is 2. The standard InChI is InChI=1S/C26H37NO/c1-2-3-4-5-6-7-8-9-10-11-12-17-26-27-21-25(28-26)24-19-18-22-15-13-14-16-23(22)20-24/h13-16,18-20,25H,2-12,17,21H2,1H3. The van der Waals surface area contributed by atoms with Crippen molar-refractivity contribution in [1.29, 1.82) is 0 Å². The van der Waals surface area contributed by atoms with Gasteiger partial charge >= 0.3 is 0 Å². The highest BCUT2D eigenvalue weighted by molar-refractivity contribution is 5.83. The Morgan fingerprint density at radius 3 is 2.14 bits per heavy atom. The van der Waals surface area contributed by atoms with E-state index in [4.69, 9.17) is 4.74 Å². The molecule has 2 heteroatoms. The van der Waals surface area contributed by atoms with Gasteiger partial charge in [0.25, 0.3) is 0 Å². The second-order valence-corrected chi connectivity index (χ2v) is 8.23. The Morgan fingerprint density at radius 1 is 0.786 bits per heavy atom. The molecule has 152 valence electrons. The van der Waals surface area contributed by atoms with Crippen LogP contribution >= 0.6 is 0 Å². The molecule has 1 atom stereocenters. The SMILES string of the molecule is CCCCCCCCCCCCCC1=NCC(c2ccc3ccccc3c2)O1. The van der Waals surface area contributed by atoms with E-state index in [0.29, 0.717) is 0 Å². The molecule has 1 heterocycles. The first-order valence-electron chi connectivity index (χ1n) is 11.6. The molecule has 2 nitrogen and oxygen atoms in total. The fourth-order valence-corrected chi connectivity index (χ4v) is 4.08. The van der Waals surface area contributed by atoms with Crippen LogP contribution in [0.3, 0.4) is 0 Å². The van der Waals surface area contributed by atoms with E-state index in [0.717, 1.165) is 18.9 Å². The summed E-state index contributed by atoms with van der Waals surface area (Å²) in [5, 5.41) is 2.56. The van der Waals surface area contributed by atoms with Crippen LogP contribution in [-0.4, -0.2) is 12.4 Å². The summed E-state index contributed by atoms with van der Waals surface area (Å²) in [6.45, 7) is 3.05. The molecule has 0 aliphatic carbocycles. The summed E-state index contributed by atoms with van der Waals surface area (Å²) in [5.41, 5.74) is 1.25. The highest BCUT2D eigenvalue weighted by Crippen LogP contribution is 2.27. The maximum atomic E-state index is 6.14. The zero-order valence-electron chi connectivity index (χ0n) is 17.7. The van der Waals surface area contributed by atoms with Gasteiger partial charge in [-0.05, 0) is 28.8 Å². The van der Waals surface area contributed by atoms with Gasteiger partial charge in [-0.3, -0.25) is 4.99 Å². The zero-order valence-corrected chi connectivity index (χ0v) is 17.7. The number of ether oxygens (including phenoxy) is 1. The van der Waals surface area contributed by atoms with E-state index < -0.39 is 0 Å². The predicted octanol–water partition coefficient (Wildman–Crippen LogP) is 8.01. The van der Waals surface area contributed by atoms with Gasteiger partial charge < -0.3 is 4.74 Å². The third-order valence-corrected chi connectivity index (χ3v) is 5.85. The minimum Gasteiger partial charge on any atom is -0.471 e. The topological polar surface area (TPSA) is 21.6 Å². The minimum atomic E-state index is 0.104. The number of hydrogen-bond acceptors (Lipinski definition) is 2. The van der Waals surface area contributed by atoms with E-state index in [1.54, 1.807) is 0 Å². The van der Waals surface area contributed by atoms with Crippen LogP contribution in [0.2, 0.25) is 0 Å². The Balaban J connectivity index is 1.26. The van der Waals surface area contributed by atoms with Crippen molar-refractivity contribution in [3.8, 4) is 0 Å². The van der Waals surface area contributed by atoms with Crippen molar-refractivity contribution in [2.75, 3.05) is 6.54 Å². The molecule has 0 bridgehead atoms. The molecule has 0 amide bonds. The number of aliphatic imine (C=N–C) groups is 1. The van der Waals surface area contributed by atoms with Gasteiger partial charge in [-0.1, -0.05) is 108 Å². The molecule has 3 rings (SSSR count). The predicted molar refractivity (Wildman–Crippen MR) is 121 cm³/mol. The normalized spacial score (nSPS) is 16.3. The van der Waals surface area contributed by atoms with Crippen LogP contribution in [0.4, 0.5) is 0 Å². The van der Waals surface area contributed by atoms with E-state index in [-0.39, 0.29) is 6.10 Å². The molecule has 0 spiro atoms. The lowest BCUT2D eigenvalue weighted by Crippen LogP contribution is -2.05. The fraction of sp³-hybridized carbons (Fsp3) is 0.577. The fourth-order valence-electron chi connectivity index (χ4n) is 4.08. The van der Waals surface area contributed by atoms with E-state index in [1.165, 1.54) is 87.0 Å². The number of hydrogen-bond donors (Lipinski definition) is 0. The molecule has 0 saturated carbocycles. The Kier molecular flexibility index (Phi) is 8.87. The number of nitrogens with zero attached hydrogens (tertiary/aromatic N) is 1. The van der Waals surface area contributed by atoms with Crippen LogP contribution in [0, 0.1) is 0 Å². The lowest BCUT2D eigenvalue weighted by atomic mass is 10.0. The van der Waals surface area contributed by atoms with Crippen molar-refractivity contribution < 1.29 is 4.74 Å². The molecular weight excluding hydrogens is 342 g/mol. The summed E-state index contributed by atoms with van der Waals surface area (Å²) in [5.74, 6) is 0.967. The van der Waals surface area contributed by atoms with Crippen LogP contribution < -0.4 is 0 Å². The van der Waals surface area contributed by atoms with Crippen LogP contribution in [0.1, 0.15) is 95.6 Å². The summed E-state index contributed by atoms with van der Waals surface area (Å²) in [7, 11) is 0. The summed E-state index contributed by atoms with van der Waals surface area (Å²) < 4.78 is 6.14. The number of fused-ring (bicyclic) bond motifs is 1. The van der Waals surface area contributed by atoms with Crippen LogP contribution in [0.15, 0.2) is 47.5 Å². The van der Waals surface area contributed by atoms with Crippen molar-refractivity contribution in [3.05, 3.63) is 48.0 Å². The molecule has 0 fully saturated rings. The first-order valence-corrected chi connectivity index (χ1v) is 11.6. The quantitative estimate of drug-likeness (QED) is 0.323. The highest BCUT2D eigenvalue weighted by Gasteiger charge is 2.21. The molecule has 0 saturated heterocycles. The van der Waals surface area contributed by atoms with Crippen molar-refractivity contribution in [1.82, 2.24) is 0 Å². The second kappa shape index (κ2) is 11.9. The molecule has 1 unspecified atom stereocenters. The van der Waals surface area contributed by atoms with E-state index in [1.807, 2.05) is 0 Å². The molecule has 0 aromatic heterocycles. The van der Waals surface area contributed by atoms with Crippen LogP contribution in [0.5, 0.6) is 0 Å².